The molecule has 0 aliphatic rings. The number of anilines is 1. The van der Waals surface area contributed by atoms with Crippen LogP contribution >= 0.6 is 30.1 Å². The Hall–Kier alpha value is -0.480. The van der Waals surface area contributed by atoms with Crippen molar-refractivity contribution < 1.29 is 4.39 Å². The topological polar surface area (TPSA) is 38.9 Å². The molecule has 1 heterocycles. The number of nitrogen functional groups attached to an aromatic ring is 1. The van der Waals surface area contributed by atoms with Gasteiger partial charge in [-0.15, -0.1) is 0 Å². The fourth-order valence-electron chi connectivity index (χ4n) is 0.627. The van der Waals surface area contributed by atoms with Gasteiger partial charge in [0, 0.05) is 27.3 Å². The van der Waals surface area contributed by atoms with Crippen molar-refractivity contribution in [2.75, 3.05) is 5.73 Å². The van der Waals surface area contributed by atoms with E-state index in [9.17, 15) is 4.39 Å². The van der Waals surface area contributed by atoms with Gasteiger partial charge in [0.25, 0.3) is 0 Å². The first-order valence-electron chi connectivity index (χ1n) is 2.93. The molecule has 0 fully saturated rings. The van der Waals surface area contributed by atoms with E-state index in [4.69, 9.17) is 5.73 Å². The maximum Gasteiger partial charge on any atom is 0.143 e. The third-order valence-electron chi connectivity index (χ3n) is 1.09. The van der Waals surface area contributed by atoms with Crippen molar-refractivity contribution in [1.29, 1.82) is 0 Å². The lowest BCUT2D eigenvalue weighted by atomic mass is 10.3. The summed E-state index contributed by atoms with van der Waals surface area (Å²) in [6.45, 7) is 0. The summed E-state index contributed by atoms with van der Waals surface area (Å²) in [5.41, 5.74) is 6.13. The minimum atomic E-state index is -0.444. The maximum atomic E-state index is 12.5. The van der Waals surface area contributed by atoms with Gasteiger partial charge >= 0.3 is 0 Å². The first kappa shape index (κ1) is 9.61. The molecule has 0 atom stereocenters. The van der Waals surface area contributed by atoms with E-state index in [1.807, 2.05) is 21.2 Å². The summed E-state index contributed by atoms with van der Waals surface area (Å²) in [6, 6.07) is 1.20. The van der Waals surface area contributed by atoms with Gasteiger partial charge in [-0.2, -0.15) is 0 Å². The van der Waals surface area contributed by atoms with Crippen LogP contribution in [-0.2, 0) is 0 Å². The molecule has 0 aliphatic carbocycles. The third kappa shape index (κ3) is 2.53. The summed E-state index contributed by atoms with van der Waals surface area (Å²) in [7, 11) is 1.33. The number of rotatable bonds is 0. The van der Waals surface area contributed by atoms with Crippen molar-refractivity contribution in [2.45, 2.75) is 0 Å². The molecule has 0 saturated heterocycles. The summed E-state index contributed by atoms with van der Waals surface area (Å²) >= 11 is 2.03. The fourth-order valence-corrected chi connectivity index (χ4v) is 1.09. The molecule has 0 unspecified atom stereocenters. The molecule has 12 heavy (non-hydrogen) atoms. The molecule has 1 aromatic rings. The smallest absolute Gasteiger partial charge is 0.143 e. The highest BCUT2D eigenvalue weighted by Gasteiger charge is 1.97. The van der Waals surface area contributed by atoms with Crippen LogP contribution in [0.5, 0.6) is 0 Å². The van der Waals surface area contributed by atoms with Gasteiger partial charge in [0.2, 0.25) is 0 Å². The second-order valence-corrected chi connectivity index (χ2v) is 3.58. The minimum Gasteiger partial charge on any atom is -0.396 e. The number of pyridine rings is 1. The predicted molar refractivity (Wildman–Crippen MR) is 57.1 cm³/mol. The van der Waals surface area contributed by atoms with Crippen LogP contribution in [0.15, 0.2) is 12.3 Å². The lowest BCUT2D eigenvalue weighted by Gasteiger charge is -1.94. The van der Waals surface area contributed by atoms with Crippen LogP contribution in [0, 0.1) is 17.0 Å². The molecular formula is C7H4FIN2S. The van der Waals surface area contributed by atoms with Crippen molar-refractivity contribution in [3.8, 4) is 11.2 Å². The van der Waals surface area contributed by atoms with Crippen LogP contribution in [-0.4, -0.2) is 4.98 Å². The Kier molecular flexibility index (Phi) is 3.62. The molecule has 2 nitrogen and oxygen atoms in total. The van der Waals surface area contributed by atoms with Crippen molar-refractivity contribution in [1.82, 2.24) is 4.98 Å². The van der Waals surface area contributed by atoms with Gasteiger partial charge in [-0.1, -0.05) is 0 Å². The number of hydrogen-bond acceptors (Lipinski definition) is 3. The summed E-state index contributed by atoms with van der Waals surface area (Å²) < 4.78 is 12.5. The SMILES string of the molecule is Nc1cc(F)cnc1C#CSI. The van der Waals surface area contributed by atoms with Crippen molar-refractivity contribution in [3.05, 3.63) is 23.8 Å². The Morgan fingerprint density at radius 3 is 3.00 bits per heavy atom. The zero-order chi connectivity index (χ0) is 8.97. The first-order chi connectivity index (χ1) is 5.74. The molecule has 62 valence electrons. The van der Waals surface area contributed by atoms with Crippen molar-refractivity contribution >= 4 is 35.8 Å². The number of hydrogen-bond donors (Lipinski definition) is 1. The standard InChI is InChI=1S/C7H4FIN2S/c8-5-3-6(10)7(11-4-5)1-2-12-9/h3-4H,10H2. The molecule has 0 spiro atoms. The van der Waals surface area contributed by atoms with E-state index in [0.29, 0.717) is 5.69 Å². The van der Waals surface area contributed by atoms with Crippen LogP contribution in [0.4, 0.5) is 10.1 Å². The van der Waals surface area contributed by atoms with Gasteiger partial charge in [0.05, 0.1) is 11.9 Å². The van der Waals surface area contributed by atoms with E-state index >= 15 is 0 Å². The summed E-state index contributed by atoms with van der Waals surface area (Å²) in [5.74, 6) is 2.25. The van der Waals surface area contributed by atoms with Gasteiger partial charge in [0.1, 0.15) is 11.5 Å². The molecule has 0 bridgehead atoms. The maximum absolute atomic E-state index is 12.5. The zero-order valence-corrected chi connectivity index (χ0v) is 8.82. The molecular weight excluding hydrogens is 290 g/mol. The highest BCUT2D eigenvalue weighted by Crippen LogP contribution is 2.11. The molecule has 2 N–H and O–H groups in total. The number of halogens is 2. The highest BCUT2D eigenvalue weighted by molar-refractivity contribution is 14.2. The van der Waals surface area contributed by atoms with Crippen molar-refractivity contribution in [2.24, 2.45) is 0 Å². The molecule has 0 aromatic carbocycles. The lowest BCUT2D eigenvalue weighted by molar-refractivity contribution is 0.622. The highest BCUT2D eigenvalue weighted by atomic mass is 127. The third-order valence-corrected chi connectivity index (χ3v) is 1.93. The lowest BCUT2D eigenvalue weighted by Crippen LogP contribution is -1.94. The molecule has 0 aliphatic heterocycles. The second-order valence-electron chi connectivity index (χ2n) is 1.90. The fraction of sp³-hybridized carbons (Fsp3) is 0. The summed E-state index contributed by atoms with van der Waals surface area (Å²) in [4.78, 5) is 3.73. The molecule has 0 saturated carbocycles. The number of nitrogens with two attached hydrogens (primary N) is 1. The van der Waals surface area contributed by atoms with Crippen LogP contribution in [0.3, 0.4) is 0 Å². The molecule has 1 aromatic heterocycles. The van der Waals surface area contributed by atoms with E-state index in [-0.39, 0.29) is 5.69 Å². The van der Waals surface area contributed by atoms with Crippen LogP contribution in [0.1, 0.15) is 5.69 Å². The molecule has 0 amide bonds. The first-order valence-corrected chi connectivity index (χ1v) is 6.29. The summed E-state index contributed by atoms with van der Waals surface area (Å²) in [6.07, 6.45) is 1.10. The zero-order valence-electron chi connectivity index (χ0n) is 5.84. The normalized spacial score (nSPS) is 8.83. The van der Waals surface area contributed by atoms with Gasteiger partial charge in [-0.05, 0) is 20.1 Å². The molecule has 0 radical (unpaired) electrons. The minimum absolute atomic E-state index is 0.271. The van der Waals surface area contributed by atoms with E-state index in [1.54, 1.807) is 0 Å². The van der Waals surface area contributed by atoms with E-state index in [2.05, 4.69) is 16.2 Å². The van der Waals surface area contributed by atoms with E-state index < -0.39 is 5.82 Å². The van der Waals surface area contributed by atoms with Crippen molar-refractivity contribution in [3.63, 3.8) is 0 Å². The van der Waals surface area contributed by atoms with Crippen LogP contribution in [0.25, 0.3) is 0 Å². The molecule has 5 heteroatoms. The second kappa shape index (κ2) is 4.52. The van der Waals surface area contributed by atoms with Gasteiger partial charge in [0.15, 0.2) is 0 Å². The Morgan fingerprint density at radius 2 is 2.42 bits per heavy atom. The van der Waals surface area contributed by atoms with Crippen LogP contribution in [0.2, 0.25) is 0 Å². The predicted octanol–water partition coefficient (Wildman–Crippen LogP) is 2.20. The Bertz CT molecular complexity index is 345. The van der Waals surface area contributed by atoms with E-state index in [0.717, 1.165) is 6.20 Å². The number of nitrogens with zero attached hydrogens (tertiary/aromatic N) is 1. The Balaban J connectivity index is 3.01. The molecule has 1 rings (SSSR count). The largest absolute Gasteiger partial charge is 0.396 e. The number of aromatic nitrogens is 1. The van der Waals surface area contributed by atoms with Crippen LogP contribution < -0.4 is 5.73 Å². The monoisotopic (exact) mass is 294 g/mol. The Morgan fingerprint density at radius 1 is 1.67 bits per heavy atom. The van der Waals surface area contributed by atoms with Gasteiger partial charge in [-0.25, -0.2) is 9.37 Å². The van der Waals surface area contributed by atoms with E-state index in [1.165, 1.54) is 15.0 Å². The van der Waals surface area contributed by atoms with Gasteiger partial charge in [-0.3, -0.25) is 0 Å². The quantitative estimate of drug-likeness (QED) is 0.589. The van der Waals surface area contributed by atoms with Gasteiger partial charge < -0.3 is 5.73 Å². The average molecular weight is 294 g/mol. The Labute approximate surface area is 85.7 Å². The summed E-state index contributed by atoms with van der Waals surface area (Å²) in [5, 5.41) is 2.71. The average Bonchev–Trinajstić information content (AvgIpc) is 2.03.